The van der Waals surface area contributed by atoms with Gasteiger partial charge in [-0.2, -0.15) is 0 Å². The van der Waals surface area contributed by atoms with Crippen molar-refractivity contribution in [3.63, 3.8) is 0 Å². The Balaban J connectivity index is 1.06. The highest BCUT2D eigenvalue weighted by atomic mass is 32.2. The molecule has 5 heteroatoms. The average Bonchev–Trinajstić information content (AvgIpc) is 4.01. The van der Waals surface area contributed by atoms with Gasteiger partial charge in [0.05, 0.1) is 4.75 Å². The number of aryl methyl sites for hydroxylation is 5. The Morgan fingerprint density at radius 2 is 0.953 bits per heavy atom. The zero-order valence-electron chi connectivity index (χ0n) is 36.7. The fraction of sp³-hybridized carbons (Fsp3) is 0.153. The lowest BCUT2D eigenvalue weighted by Gasteiger charge is -2.44. The first-order valence-electron chi connectivity index (χ1n) is 22.8. The standard InChI is InChI=1S/C59H45BN2OS/c1-34-22-35(2)25-40(24-34)61-51-31-55-39(32-58(63-55)46-18-10-6-14-42(46)43-15-7-11-19-47(43)58)30-50(51)60-56-52(61)28-38(5)29-53(56)62(41-26-36(3)23-37(4)27-41)54-33-59(64-57(54)60)48-20-12-8-16-44(48)45-17-9-13-21-49(45)59/h6-31H,32-33H2,1-5H3. The van der Waals surface area contributed by atoms with Gasteiger partial charge in [0.25, 0.3) is 6.71 Å². The molecular weight excluding hydrogens is 796 g/mol. The van der Waals surface area contributed by atoms with Crippen molar-refractivity contribution >= 4 is 57.8 Å². The Morgan fingerprint density at radius 1 is 0.484 bits per heavy atom. The van der Waals surface area contributed by atoms with Gasteiger partial charge in [0.1, 0.15) is 5.75 Å². The molecule has 64 heavy (non-hydrogen) atoms. The summed E-state index contributed by atoms with van der Waals surface area (Å²) in [5.74, 6) is 0.979. The molecule has 0 bridgehead atoms. The van der Waals surface area contributed by atoms with Crippen molar-refractivity contribution in [2.45, 2.75) is 57.8 Å². The van der Waals surface area contributed by atoms with E-state index in [2.05, 4.69) is 214 Å². The lowest BCUT2D eigenvalue weighted by molar-refractivity contribution is 0.145. The maximum absolute atomic E-state index is 7.51. The molecule has 0 saturated carbocycles. The Labute approximate surface area is 380 Å². The predicted octanol–water partition coefficient (Wildman–Crippen LogP) is 13.4. The van der Waals surface area contributed by atoms with E-state index in [0.717, 1.165) is 18.6 Å². The average molecular weight is 841 g/mol. The summed E-state index contributed by atoms with van der Waals surface area (Å²) in [5, 5.41) is 0. The zero-order chi connectivity index (χ0) is 42.8. The molecule has 0 unspecified atom stereocenters. The molecule has 14 rings (SSSR count). The largest absolute Gasteiger partial charge is 0.477 e. The Morgan fingerprint density at radius 3 is 1.52 bits per heavy atom. The lowest BCUT2D eigenvalue weighted by Crippen LogP contribution is -2.55. The summed E-state index contributed by atoms with van der Waals surface area (Å²) in [6, 6.07) is 60.3. The molecule has 4 heterocycles. The second kappa shape index (κ2) is 12.7. The summed E-state index contributed by atoms with van der Waals surface area (Å²) in [5.41, 5.74) is 27.9. The van der Waals surface area contributed by atoms with Crippen LogP contribution in [0, 0.1) is 34.6 Å². The highest BCUT2D eigenvalue weighted by Gasteiger charge is 2.57. The van der Waals surface area contributed by atoms with Gasteiger partial charge in [0.15, 0.2) is 5.60 Å². The molecule has 0 atom stereocenters. The van der Waals surface area contributed by atoms with E-state index in [4.69, 9.17) is 4.74 Å². The Kier molecular flexibility index (Phi) is 7.32. The van der Waals surface area contributed by atoms with Gasteiger partial charge in [-0.25, -0.2) is 0 Å². The Bertz CT molecular complexity index is 3320. The molecule has 3 nitrogen and oxygen atoms in total. The van der Waals surface area contributed by atoms with Crippen LogP contribution in [-0.2, 0) is 16.8 Å². The van der Waals surface area contributed by atoms with Gasteiger partial charge < -0.3 is 14.5 Å². The van der Waals surface area contributed by atoms with E-state index in [9.17, 15) is 0 Å². The Hall–Kier alpha value is -6.69. The number of hydrogen-bond donors (Lipinski definition) is 0. The number of nitrogens with zero attached hydrogens (tertiary/aromatic N) is 2. The van der Waals surface area contributed by atoms with E-state index in [1.165, 1.54) is 128 Å². The maximum Gasteiger partial charge on any atom is 0.259 e. The molecule has 0 aromatic heterocycles. The predicted molar refractivity (Wildman–Crippen MR) is 267 cm³/mol. The van der Waals surface area contributed by atoms with Gasteiger partial charge >= 0.3 is 0 Å². The number of benzene rings is 8. The number of ether oxygens (including phenoxy) is 1. The molecule has 306 valence electrons. The topological polar surface area (TPSA) is 15.7 Å². The van der Waals surface area contributed by atoms with Crippen LogP contribution < -0.4 is 25.5 Å². The van der Waals surface area contributed by atoms with Crippen molar-refractivity contribution in [2.24, 2.45) is 0 Å². The smallest absolute Gasteiger partial charge is 0.259 e. The highest BCUT2D eigenvalue weighted by molar-refractivity contribution is 8.06. The van der Waals surface area contributed by atoms with E-state index in [0.29, 0.717) is 0 Å². The summed E-state index contributed by atoms with van der Waals surface area (Å²) in [6.45, 7) is 11.2. The molecule has 6 aliphatic rings. The van der Waals surface area contributed by atoms with Crippen LogP contribution in [0.5, 0.6) is 5.75 Å². The molecule has 0 fully saturated rings. The molecule has 8 aromatic rings. The van der Waals surface area contributed by atoms with Crippen molar-refractivity contribution in [1.82, 2.24) is 0 Å². The second-order valence-electron chi connectivity index (χ2n) is 19.2. The lowest BCUT2D eigenvalue weighted by atomic mass is 9.36. The first-order valence-corrected chi connectivity index (χ1v) is 23.6. The first-order chi connectivity index (χ1) is 31.2. The fourth-order valence-electron chi connectivity index (χ4n) is 12.8. The molecule has 0 radical (unpaired) electrons. The third kappa shape index (κ3) is 4.75. The van der Waals surface area contributed by atoms with Crippen LogP contribution in [0.2, 0.25) is 0 Å². The van der Waals surface area contributed by atoms with Gasteiger partial charge in [0.2, 0.25) is 0 Å². The van der Waals surface area contributed by atoms with Crippen LogP contribution in [0.15, 0.2) is 168 Å². The highest BCUT2D eigenvalue weighted by Crippen LogP contribution is 2.67. The van der Waals surface area contributed by atoms with Gasteiger partial charge in [-0.3, -0.25) is 0 Å². The number of hydrogen-bond acceptors (Lipinski definition) is 4. The minimum atomic E-state index is -0.584. The third-order valence-corrected chi connectivity index (χ3v) is 16.6. The van der Waals surface area contributed by atoms with Gasteiger partial charge in [-0.05, 0) is 154 Å². The third-order valence-electron chi connectivity index (χ3n) is 15.0. The quantitative estimate of drug-likeness (QED) is 0.161. The van der Waals surface area contributed by atoms with Crippen LogP contribution in [0.4, 0.5) is 28.4 Å². The zero-order valence-corrected chi connectivity index (χ0v) is 37.5. The normalized spacial score (nSPS) is 16.9. The van der Waals surface area contributed by atoms with Crippen molar-refractivity contribution in [3.8, 4) is 28.0 Å². The molecule has 8 aromatic carbocycles. The van der Waals surface area contributed by atoms with Gasteiger partial charge in [0, 0.05) is 64.2 Å². The van der Waals surface area contributed by atoms with Crippen molar-refractivity contribution in [3.05, 3.63) is 224 Å². The first kappa shape index (κ1) is 36.8. The number of anilines is 5. The molecule has 2 spiro atoms. The number of thioether (sulfide) groups is 1. The van der Waals surface area contributed by atoms with E-state index in [1.807, 2.05) is 0 Å². The van der Waals surface area contributed by atoms with Crippen molar-refractivity contribution in [1.29, 1.82) is 0 Å². The van der Waals surface area contributed by atoms with Crippen LogP contribution in [0.3, 0.4) is 0 Å². The van der Waals surface area contributed by atoms with Gasteiger partial charge in [-0.15, -0.1) is 11.8 Å². The molecular formula is C59H45BN2OS. The van der Waals surface area contributed by atoms with E-state index in [-0.39, 0.29) is 11.5 Å². The van der Waals surface area contributed by atoms with E-state index < -0.39 is 5.60 Å². The summed E-state index contributed by atoms with van der Waals surface area (Å²) < 4.78 is 7.24. The number of fused-ring (bicyclic) bond motifs is 14. The van der Waals surface area contributed by atoms with E-state index >= 15 is 0 Å². The minimum Gasteiger partial charge on any atom is -0.477 e. The minimum absolute atomic E-state index is 0.0224. The van der Waals surface area contributed by atoms with Crippen LogP contribution >= 0.6 is 11.8 Å². The van der Waals surface area contributed by atoms with Crippen molar-refractivity contribution < 1.29 is 4.74 Å². The maximum atomic E-state index is 7.51. The molecule has 0 saturated heterocycles. The molecule has 0 N–H and O–H groups in total. The monoisotopic (exact) mass is 840 g/mol. The number of rotatable bonds is 2. The van der Waals surface area contributed by atoms with Crippen LogP contribution in [0.25, 0.3) is 22.3 Å². The molecule has 0 amide bonds. The fourth-order valence-corrected chi connectivity index (χ4v) is 14.6. The molecule has 4 aliphatic heterocycles. The summed E-state index contributed by atoms with van der Waals surface area (Å²) in [7, 11) is 0. The van der Waals surface area contributed by atoms with Crippen LogP contribution in [-0.4, -0.2) is 6.71 Å². The SMILES string of the molecule is Cc1cc(C)cc(N2C3=C(SC4(C3)c3ccccc3-c3ccccc34)B3c4cc5c(cc4N(c4cc(C)cc(C)c4)c4cc(C)cc2c43)OC2(C5)c3ccccc3-c3ccccc32)c1. The second-order valence-corrected chi connectivity index (χ2v) is 20.6. The van der Waals surface area contributed by atoms with Gasteiger partial charge in [-0.1, -0.05) is 115 Å². The van der Waals surface area contributed by atoms with Crippen molar-refractivity contribution in [2.75, 3.05) is 9.80 Å². The summed E-state index contributed by atoms with van der Waals surface area (Å²) in [4.78, 5) is 6.70. The van der Waals surface area contributed by atoms with Crippen LogP contribution in [0.1, 0.15) is 62.1 Å². The van der Waals surface area contributed by atoms with E-state index in [1.54, 1.807) is 0 Å². The summed E-state index contributed by atoms with van der Waals surface area (Å²) in [6.07, 6.45) is 1.68. The molecule has 2 aliphatic carbocycles. The number of allylic oxidation sites excluding steroid dienone is 1. The summed E-state index contributed by atoms with van der Waals surface area (Å²) >= 11 is 2.13.